The Kier molecular flexibility index (Phi) is 8.79. The summed E-state index contributed by atoms with van der Waals surface area (Å²) in [4.78, 5) is 31.2. The maximum Gasteiger partial charge on any atom is 0.338 e. The van der Waals surface area contributed by atoms with Crippen molar-refractivity contribution in [2.45, 2.75) is 13.8 Å². The number of likely N-dealkylation sites (N-methyl/N-ethyl adjacent to an activating group) is 1. The molecule has 0 radical (unpaired) electrons. The number of carbonyl (C=O) groups is 2. The Morgan fingerprint density at radius 3 is 2.59 bits per heavy atom. The third kappa shape index (κ3) is 6.01. The number of esters is 1. The van der Waals surface area contributed by atoms with Gasteiger partial charge in [0.2, 0.25) is 0 Å². The summed E-state index contributed by atoms with van der Waals surface area (Å²) in [7, 11) is 1.67. The number of carbonyl (C=O) groups excluding carboxylic acids is 2. The molecule has 9 heteroatoms. The summed E-state index contributed by atoms with van der Waals surface area (Å²) in [5.74, 6) is 2.91. The average Bonchev–Trinajstić information content (AvgIpc) is 3.07. The lowest BCUT2D eigenvalue weighted by atomic mass is 10.2. The van der Waals surface area contributed by atoms with E-state index < -0.39 is 0 Å². The van der Waals surface area contributed by atoms with E-state index in [4.69, 9.17) is 20.6 Å². The maximum atomic E-state index is 12.8. The molecular formula is C25H23BrN2O5S. The van der Waals surface area contributed by atoms with Gasteiger partial charge >= 0.3 is 5.97 Å². The minimum absolute atomic E-state index is 0.110. The van der Waals surface area contributed by atoms with E-state index in [9.17, 15) is 9.59 Å². The number of amidine groups is 1. The van der Waals surface area contributed by atoms with E-state index in [1.165, 1.54) is 16.7 Å². The summed E-state index contributed by atoms with van der Waals surface area (Å²) in [6.45, 7) is 4.49. The first-order valence-electron chi connectivity index (χ1n) is 10.4. The number of nitrogens with zero attached hydrogens (tertiary/aromatic N) is 2. The molecule has 0 spiro atoms. The summed E-state index contributed by atoms with van der Waals surface area (Å²) >= 11 is 4.75. The summed E-state index contributed by atoms with van der Waals surface area (Å²) in [5, 5.41) is 0.526. The van der Waals surface area contributed by atoms with Crippen molar-refractivity contribution in [3.63, 3.8) is 0 Å². The van der Waals surface area contributed by atoms with E-state index in [1.807, 2.05) is 13.0 Å². The van der Waals surface area contributed by atoms with Crippen LogP contribution in [0.15, 0.2) is 50.8 Å². The lowest BCUT2D eigenvalue weighted by molar-refractivity contribution is -0.121. The molecule has 2 aromatic rings. The fourth-order valence-corrected chi connectivity index (χ4v) is 4.55. The molecule has 0 aromatic heterocycles. The third-order valence-electron chi connectivity index (χ3n) is 4.54. The summed E-state index contributed by atoms with van der Waals surface area (Å²) < 4.78 is 17.0. The molecule has 1 saturated heterocycles. The second-order valence-corrected chi connectivity index (χ2v) is 8.76. The highest BCUT2D eigenvalue weighted by atomic mass is 79.9. The van der Waals surface area contributed by atoms with E-state index in [-0.39, 0.29) is 18.5 Å². The Morgan fingerprint density at radius 1 is 1.21 bits per heavy atom. The lowest BCUT2D eigenvalue weighted by Gasteiger charge is -2.13. The highest BCUT2D eigenvalue weighted by Gasteiger charge is 2.30. The topological polar surface area (TPSA) is 77.4 Å². The molecular weight excluding hydrogens is 520 g/mol. The van der Waals surface area contributed by atoms with Crippen molar-refractivity contribution in [1.82, 2.24) is 4.90 Å². The number of terminal acetylenes is 1. The van der Waals surface area contributed by atoms with Gasteiger partial charge in [-0.15, -0.1) is 6.42 Å². The second-order valence-electron chi connectivity index (χ2n) is 6.89. The molecule has 1 amide bonds. The number of hydrogen-bond acceptors (Lipinski definition) is 7. The zero-order valence-electron chi connectivity index (χ0n) is 19.0. The number of hydrogen-bond donors (Lipinski definition) is 0. The van der Waals surface area contributed by atoms with Crippen LogP contribution in [0.25, 0.3) is 6.08 Å². The standard InChI is InChI=1S/C25H23BrN2O5S/c1-5-12-33-22-19(26)13-16(14-20(22)31-6-2)15-21-23(29)28(4)25(34-21)27-18-10-8-17(9-11-18)24(30)32-7-3/h1,8-11,13-15H,6-7,12H2,2-4H3/b21-15-,27-25?. The average molecular weight is 543 g/mol. The van der Waals surface area contributed by atoms with Crippen LogP contribution in [0.2, 0.25) is 0 Å². The van der Waals surface area contributed by atoms with E-state index in [0.29, 0.717) is 50.5 Å². The fourth-order valence-electron chi connectivity index (χ4n) is 2.99. The first kappa shape index (κ1) is 25.4. The molecule has 34 heavy (non-hydrogen) atoms. The number of halogens is 1. The zero-order chi connectivity index (χ0) is 24.7. The van der Waals surface area contributed by atoms with E-state index >= 15 is 0 Å². The number of benzene rings is 2. The molecule has 1 heterocycles. The monoisotopic (exact) mass is 542 g/mol. The van der Waals surface area contributed by atoms with Crippen LogP contribution in [-0.2, 0) is 9.53 Å². The predicted molar refractivity (Wildman–Crippen MR) is 137 cm³/mol. The molecule has 0 unspecified atom stereocenters. The first-order valence-corrected chi connectivity index (χ1v) is 12.0. The minimum atomic E-state index is -0.386. The van der Waals surface area contributed by atoms with Gasteiger partial charge in [0.15, 0.2) is 16.7 Å². The third-order valence-corrected chi connectivity index (χ3v) is 6.19. The molecule has 1 aliphatic rings. The van der Waals surface area contributed by atoms with Gasteiger partial charge in [-0.1, -0.05) is 5.92 Å². The highest BCUT2D eigenvalue weighted by molar-refractivity contribution is 9.10. The van der Waals surface area contributed by atoms with Crippen LogP contribution in [0, 0.1) is 12.3 Å². The predicted octanol–water partition coefficient (Wildman–Crippen LogP) is 5.27. The molecule has 0 N–H and O–H groups in total. The summed E-state index contributed by atoms with van der Waals surface area (Å²) in [5.41, 5.74) is 1.82. The van der Waals surface area contributed by atoms with Crippen LogP contribution in [0.3, 0.4) is 0 Å². The van der Waals surface area contributed by atoms with Crippen LogP contribution in [0.5, 0.6) is 11.5 Å². The SMILES string of the molecule is C#CCOc1c(Br)cc(/C=C2\SC(=Nc3ccc(C(=O)OCC)cc3)N(C)C2=O)cc1OCC. The van der Waals surface area contributed by atoms with Gasteiger partial charge in [-0.2, -0.15) is 0 Å². The quantitative estimate of drug-likeness (QED) is 0.257. The van der Waals surface area contributed by atoms with Gasteiger partial charge in [-0.25, -0.2) is 9.79 Å². The second kappa shape index (κ2) is 11.8. The number of rotatable bonds is 8. The molecule has 0 atom stereocenters. The summed E-state index contributed by atoms with van der Waals surface area (Å²) in [6.07, 6.45) is 7.07. The van der Waals surface area contributed by atoms with Crippen LogP contribution >= 0.6 is 27.7 Å². The molecule has 0 saturated carbocycles. The minimum Gasteiger partial charge on any atom is -0.490 e. The molecule has 3 rings (SSSR count). The van der Waals surface area contributed by atoms with Crippen LogP contribution in [0.1, 0.15) is 29.8 Å². The Morgan fingerprint density at radius 2 is 1.94 bits per heavy atom. The maximum absolute atomic E-state index is 12.8. The van der Waals surface area contributed by atoms with Gasteiger partial charge in [0.25, 0.3) is 5.91 Å². The Labute approximate surface area is 211 Å². The van der Waals surface area contributed by atoms with Crippen molar-refractivity contribution in [2.24, 2.45) is 4.99 Å². The van der Waals surface area contributed by atoms with Gasteiger partial charge in [0, 0.05) is 7.05 Å². The van der Waals surface area contributed by atoms with Crippen LogP contribution in [0.4, 0.5) is 5.69 Å². The molecule has 0 bridgehead atoms. The number of thioether (sulfide) groups is 1. The molecule has 2 aromatic carbocycles. The zero-order valence-corrected chi connectivity index (χ0v) is 21.4. The molecule has 1 aliphatic heterocycles. The van der Waals surface area contributed by atoms with Crippen molar-refractivity contribution in [3.8, 4) is 23.8 Å². The highest BCUT2D eigenvalue weighted by Crippen LogP contribution is 2.39. The van der Waals surface area contributed by atoms with Gasteiger partial charge in [-0.3, -0.25) is 9.69 Å². The van der Waals surface area contributed by atoms with Crippen molar-refractivity contribution < 1.29 is 23.8 Å². The van der Waals surface area contributed by atoms with Crippen molar-refractivity contribution in [2.75, 3.05) is 26.9 Å². The largest absolute Gasteiger partial charge is 0.490 e. The number of amides is 1. The van der Waals surface area contributed by atoms with Gasteiger partial charge in [0.05, 0.1) is 33.8 Å². The van der Waals surface area contributed by atoms with Crippen molar-refractivity contribution in [1.29, 1.82) is 0 Å². The molecule has 1 fully saturated rings. The van der Waals surface area contributed by atoms with Gasteiger partial charge < -0.3 is 14.2 Å². The molecule has 0 aliphatic carbocycles. The Hall–Kier alpha value is -3.22. The van der Waals surface area contributed by atoms with E-state index in [2.05, 4.69) is 26.8 Å². The van der Waals surface area contributed by atoms with Crippen molar-refractivity contribution >= 4 is 56.5 Å². The smallest absolute Gasteiger partial charge is 0.338 e. The van der Waals surface area contributed by atoms with Crippen LogP contribution in [-0.4, -0.2) is 48.8 Å². The van der Waals surface area contributed by atoms with E-state index in [1.54, 1.807) is 50.4 Å². The fraction of sp³-hybridized carbons (Fsp3) is 0.240. The van der Waals surface area contributed by atoms with Gasteiger partial charge in [0.1, 0.15) is 6.61 Å². The van der Waals surface area contributed by atoms with Gasteiger partial charge in [-0.05, 0) is 89.6 Å². The Bertz CT molecular complexity index is 1190. The lowest BCUT2D eigenvalue weighted by Crippen LogP contribution is -2.23. The van der Waals surface area contributed by atoms with E-state index in [0.717, 1.165) is 5.56 Å². The molecule has 7 nitrogen and oxygen atoms in total. The summed E-state index contributed by atoms with van der Waals surface area (Å²) in [6, 6.07) is 10.3. The van der Waals surface area contributed by atoms with Crippen LogP contribution < -0.4 is 9.47 Å². The number of aliphatic imine (C=N–C) groups is 1. The normalized spacial score (nSPS) is 15.5. The first-order chi connectivity index (χ1) is 16.4. The van der Waals surface area contributed by atoms with Crippen molar-refractivity contribution in [3.05, 3.63) is 56.9 Å². The Balaban J connectivity index is 1.85. The molecule has 176 valence electrons. The number of ether oxygens (including phenoxy) is 3.